The Morgan fingerprint density at radius 3 is 2.71 bits per heavy atom. The molecule has 2 aromatic rings. The zero-order valence-corrected chi connectivity index (χ0v) is 13.3. The number of unbranched alkanes of at least 4 members (excludes halogenated alkanes) is 2. The van der Waals surface area contributed by atoms with Gasteiger partial charge in [-0.05, 0) is 31.0 Å². The molecule has 4 nitrogen and oxygen atoms in total. The molecule has 0 saturated heterocycles. The minimum atomic E-state index is -0.207. The number of thioether (sulfide) groups is 1. The molecule has 0 amide bonds. The summed E-state index contributed by atoms with van der Waals surface area (Å²) in [6.07, 6.45) is 3.85. The molecule has 0 aliphatic rings. The fraction of sp³-hybridized carbons (Fsp3) is 0.429. The molecule has 0 saturated carbocycles. The van der Waals surface area contributed by atoms with Gasteiger partial charge in [-0.3, -0.25) is 0 Å². The van der Waals surface area contributed by atoms with Gasteiger partial charge in [0.1, 0.15) is 5.82 Å². The maximum Gasteiger partial charge on any atom is 0.276 e. The SMILES string of the molecule is Cl.NCCCCCc1nnc(SCc2ccccc2F)o1. The zero-order valence-electron chi connectivity index (χ0n) is 11.6. The Balaban J connectivity index is 0.00000220. The van der Waals surface area contributed by atoms with Gasteiger partial charge in [0.05, 0.1) is 0 Å². The molecule has 0 unspecified atom stereocenters. The Kier molecular flexibility index (Phi) is 8.34. The Morgan fingerprint density at radius 1 is 1.14 bits per heavy atom. The van der Waals surface area contributed by atoms with Crippen molar-refractivity contribution < 1.29 is 8.81 Å². The molecule has 116 valence electrons. The van der Waals surface area contributed by atoms with Crippen molar-refractivity contribution in [2.45, 2.75) is 36.7 Å². The van der Waals surface area contributed by atoms with Crippen LogP contribution in [0.25, 0.3) is 0 Å². The van der Waals surface area contributed by atoms with Gasteiger partial charge in [-0.15, -0.1) is 22.6 Å². The largest absolute Gasteiger partial charge is 0.416 e. The topological polar surface area (TPSA) is 64.9 Å². The lowest BCUT2D eigenvalue weighted by molar-refractivity contribution is 0.407. The molecule has 0 fully saturated rings. The van der Waals surface area contributed by atoms with Gasteiger partial charge in [-0.1, -0.05) is 36.4 Å². The number of benzene rings is 1. The van der Waals surface area contributed by atoms with E-state index in [4.69, 9.17) is 10.2 Å². The lowest BCUT2D eigenvalue weighted by atomic mass is 10.2. The minimum Gasteiger partial charge on any atom is -0.416 e. The highest BCUT2D eigenvalue weighted by Gasteiger charge is 2.08. The summed E-state index contributed by atoms with van der Waals surface area (Å²) in [5, 5.41) is 8.43. The van der Waals surface area contributed by atoms with Crippen LogP contribution in [0, 0.1) is 5.82 Å². The summed E-state index contributed by atoms with van der Waals surface area (Å²) in [4.78, 5) is 0. The first kappa shape index (κ1) is 17.9. The van der Waals surface area contributed by atoms with Crippen molar-refractivity contribution in [3.63, 3.8) is 0 Å². The average molecular weight is 332 g/mol. The van der Waals surface area contributed by atoms with Crippen molar-refractivity contribution in [3.8, 4) is 0 Å². The molecular weight excluding hydrogens is 313 g/mol. The average Bonchev–Trinajstić information content (AvgIpc) is 2.91. The van der Waals surface area contributed by atoms with Crippen LogP contribution in [0.15, 0.2) is 33.9 Å². The molecule has 0 bridgehead atoms. The molecule has 1 heterocycles. The summed E-state index contributed by atoms with van der Waals surface area (Å²) in [6.45, 7) is 0.716. The smallest absolute Gasteiger partial charge is 0.276 e. The highest BCUT2D eigenvalue weighted by Crippen LogP contribution is 2.23. The van der Waals surface area contributed by atoms with E-state index in [-0.39, 0.29) is 18.2 Å². The van der Waals surface area contributed by atoms with Crippen LogP contribution in [0.4, 0.5) is 4.39 Å². The van der Waals surface area contributed by atoms with Gasteiger partial charge in [-0.25, -0.2) is 4.39 Å². The molecule has 0 radical (unpaired) electrons. The summed E-state index contributed by atoms with van der Waals surface area (Å²) in [5.74, 6) is 0.918. The summed E-state index contributed by atoms with van der Waals surface area (Å²) in [7, 11) is 0. The highest BCUT2D eigenvalue weighted by atomic mass is 35.5. The summed E-state index contributed by atoms with van der Waals surface area (Å²) < 4.78 is 19.0. The van der Waals surface area contributed by atoms with E-state index < -0.39 is 0 Å². The molecule has 0 aliphatic carbocycles. The van der Waals surface area contributed by atoms with E-state index in [0.717, 1.165) is 25.7 Å². The first-order chi connectivity index (χ1) is 9.79. The predicted molar refractivity (Wildman–Crippen MR) is 84.1 cm³/mol. The van der Waals surface area contributed by atoms with Crippen molar-refractivity contribution in [1.29, 1.82) is 0 Å². The Labute approximate surface area is 134 Å². The van der Waals surface area contributed by atoms with Crippen LogP contribution >= 0.6 is 24.2 Å². The first-order valence-electron chi connectivity index (χ1n) is 6.68. The normalized spacial score (nSPS) is 10.4. The fourth-order valence-corrected chi connectivity index (χ4v) is 2.52. The van der Waals surface area contributed by atoms with E-state index >= 15 is 0 Å². The number of hydrogen-bond acceptors (Lipinski definition) is 5. The molecule has 1 aromatic carbocycles. The standard InChI is InChI=1S/C14H18FN3OS.ClH/c15-12-7-4-3-6-11(12)10-20-14-18-17-13(19-14)8-2-1-5-9-16;/h3-4,6-7H,1-2,5,8-10,16H2;1H. The minimum absolute atomic E-state index is 0. The number of nitrogens with zero attached hydrogens (tertiary/aromatic N) is 2. The number of halogens is 2. The van der Waals surface area contributed by atoms with Crippen LogP contribution in [0.3, 0.4) is 0 Å². The molecule has 0 atom stereocenters. The molecule has 1 aromatic heterocycles. The second kappa shape index (κ2) is 9.76. The molecule has 21 heavy (non-hydrogen) atoms. The van der Waals surface area contributed by atoms with E-state index in [1.54, 1.807) is 12.1 Å². The van der Waals surface area contributed by atoms with Crippen molar-refractivity contribution in [2.24, 2.45) is 5.73 Å². The molecule has 2 rings (SSSR count). The first-order valence-corrected chi connectivity index (χ1v) is 7.67. The van der Waals surface area contributed by atoms with Gasteiger partial charge in [-0.2, -0.15) is 0 Å². The molecule has 0 aliphatic heterocycles. The van der Waals surface area contributed by atoms with Crippen molar-refractivity contribution >= 4 is 24.2 Å². The van der Waals surface area contributed by atoms with Crippen molar-refractivity contribution in [1.82, 2.24) is 10.2 Å². The third kappa shape index (κ3) is 6.03. The second-order valence-electron chi connectivity index (χ2n) is 4.44. The zero-order chi connectivity index (χ0) is 14.2. The van der Waals surface area contributed by atoms with Gasteiger partial charge < -0.3 is 10.2 Å². The van der Waals surface area contributed by atoms with Crippen molar-refractivity contribution in [2.75, 3.05) is 6.54 Å². The quantitative estimate of drug-likeness (QED) is 0.591. The van der Waals surface area contributed by atoms with Crippen LogP contribution in [0.5, 0.6) is 0 Å². The number of nitrogens with two attached hydrogens (primary N) is 1. The molecule has 0 spiro atoms. The number of hydrogen-bond donors (Lipinski definition) is 1. The third-order valence-corrected chi connectivity index (χ3v) is 3.72. The maximum atomic E-state index is 13.4. The van der Waals surface area contributed by atoms with E-state index in [1.807, 2.05) is 6.07 Å². The third-order valence-electron chi connectivity index (χ3n) is 2.85. The molecule has 2 N–H and O–H groups in total. The number of rotatable bonds is 8. The lowest BCUT2D eigenvalue weighted by Gasteiger charge is -1.99. The number of aromatic nitrogens is 2. The summed E-state index contributed by atoms with van der Waals surface area (Å²) >= 11 is 1.35. The van der Waals surface area contributed by atoms with Gasteiger partial charge >= 0.3 is 0 Å². The van der Waals surface area contributed by atoms with Crippen molar-refractivity contribution in [3.05, 3.63) is 41.5 Å². The van der Waals surface area contributed by atoms with Gasteiger partial charge in [0.15, 0.2) is 0 Å². The van der Waals surface area contributed by atoms with E-state index in [1.165, 1.54) is 17.8 Å². The Hall–Kier alpha value is -1.11. The van der Waals surface area contributed by atoms with Gasteiger partial charge in [0, 0.05) is 12.2 Å². The molecule has 7 heteroatoms. The predicted octanol–water partition coefficient (Wildman–Crippen LogP) is 3.59. The van der Waals surface area contributed by atoms with E-state index in [0.29, 0.717) is 29.0 Å². The van der Waals surface area contributed by atoms with Gasteiger partial charge in [0.25, 0.3) is 5.22 Å². The van der Waals surface area contributed by atoms with Gasteiger partial charge in [0.2, 0.25) is 5.89 Å². The Bertz CT molecular complexity index is 538. The number of aryl methyl sites for hydroxylation is 1. The lowest BCUT2D eigenvalue weighted by Crippen LogP contribution is -1.98. The van der Waals surface area contributed by atoms with Crippen LogP contribution < -0.4 is 5.73 Å². The van der Waals surface area contributed by atoms with Crippen LogP contribution in [-0.2, 0) is 12.2 Å². The summed E-state index contributed by atoms with van der Waals surface area (Å²) in [6, 6.07) is 6.70. The second-order valence-corrected chi connectivity index (χ2v) is 5.37. The van der Waals surface area contributed by atoms with Crippen LogP contribution in [0.2, 0.25) is 0 Å². The van der Waals surface area contributed by atoms with E-state index in [9.17, 15) is 4.39 Å². The Morgan fingerprint density at radius 2 is 1.95 bits per heavy atom. The maximum absolute atomic E-state index is 13.4. The van der Waals surface area contributed by atoms with E-state index in [2.05, 4.69) is 10.2 Å². The molecular formula is C14H19ClFN3OS. The monoisotopic (exact) mass is 331 g/mol. The summed E-state index contributed by atoms with van der Waals surface area (Å²) in [5.41, 5.74) is 6.07. The van der Waals surface area contributed by atoms with Crippen LogP contribution in [-0.4, -0.2) is 16.7 Å². The van der Waals surface area contributed by atoms with Crippen LogP contribution in [0.1, 0.15) is 30.7 Å². The fourth-order valence-electron chi connectivity index (χ4n) is 1.75. The highest BCUT2D eigenvalue weighted by molar-refractivity contribution is 7.98.